The Kier molecular flexibility index (Phi) is 5.22. The van der Waals surface area contributed by atoms with Crippen LogP contribution in [-0.4, -0.2) is 35.6 Å². The predicted octanol–water partition coefficient (Wildman–Crippen LogP) is 2.14. The monoisotopic (exact) mass is 331 g/mol. The number of anilines is 1. The summed E-state index contributed by atoms with van der Waals surface area (Å²) in [5, 5.41) is 10.6. The van der Waals surface area contributed by atoms with Crippen LogP contribution in [0, 0.1) is 10.1 Å². The number of pyridine rings is 1. The Labute approximate surface area is 118 Å². The molecule has 0 saturated carbocycles. The minimum atomic E-state index is -0.526. The van der Waals surface area contributed by atoms with Crippen molar-refractivity contribution in [2.24, 2.45) is 0 Å². The number of nitro groups is 1. The van der Waals surface area contributed by atoms with Crippen molar-refractivity contribution in [1.82, 2.24) is 4.98 Å². The molecule has 0 radical (unpaired) electrons. The number of aromatic nitrogens is 1. The van der Waals surface area contributed by atoms with Crippen LogP contribution in [0.4, 0.5) is 11.5 Å². The Bertz CT molecular complexity index is 493. The van der Waals surface area contributed by atoms with Crippen LogP contribution in [0.1, 0.15) is 13.8 Å². The molecule has 0 amide bonds. The first-order valence-electron chi connectivity index (χ1n) is 5.50. The summed E-state index contributed by atoms with van der Waals surface area (Å²) in [5.74, 6) is 0.0618. The van der Waals surface area contributed by atoms with Gasteiger partial charge in [0.25, 0.3) is 5.69 Å². The zero-order chi connectivity index (χ0) is 14.6. The molecule has 0 aromatic carbocycles. The molecule has 0 N–H and O–H groups in total. The molecule has 0 bridgehead atoms. The molecule has 0 saturated heterocycles. The lowest BCUT2D eigenvalue weighted by molar-refractivity contribution is -0.385. The second-order valence-electron chi connectivity index (χ2n) is 4.05. The number of halogens is 1. The molecule has 0 fully saturated rings. The van der Waals surface area contributed by atoms with E-state index in [1.165, 1.54) is 13.2 Å². The van der Waals surface area contributed by atoms with Gasteiger partial charge in [0.1, 0.15) is 18.6 Å². The fraction of sp³-hybridized carbons (Fsp3) is 0.455. The van der Waals surface area contributed by atoms with E-state index in [1.54, 1.807) is 4.90 Å². The number of methoxy groups -OCH3 is 1. The topological polar surface area (TPSA) is 85.6 Å². The minimum absolute atomic E-state index is 0.00986. The molecule has 1 heterocycles. The molecule has 0 unspecified atom stereocenters. The molecular weight excluding hydrogens is 318 g/mol. The van der Waals surface area contributed by atoms with Gasteiger partial charge in [-0.1, -0.05) is 0 Å². The minimum Gasteiger partial charge on any atom is -0.468 e. The molecule has 0 aliphatic carbocycles. The van der Waals surface area contributed by atoms with Gasteiger partial charge < -0.3 is 9.64 Å². The van der Waals surface area contributed by atoms with Crippen molar-refractivity contribution in [2.75, 3.05) is 18.6 Å². The van der Waals surface area contributed by atoms with E-state index >= 15 is 0 Å². The fourth-order valence-electron chi connectivity index (χ4n) is 1.44. The van der Waals surface area contributed by atoms with Gasteiger partial charge in [0.05, 0.1) is 16.5 Å². The summed E-state index contributed by atoms with van der Waals surface area (Å²) in [6.07, 6.45) is 1.16. The molecule has 0 spiro atoms. The number of rotatable bonds is 5. The maximum atomic E-state index is 11.4. The van der Waals surface area contributed by atoms with Crippen LogP contribution in [0.15, 0.2) is 16.7 Å². The Balaban J connectivity index is 3.09. The van der Waals surface area contributed by atoms with Gasteiger partial charge in [-0.05, 0) is 29.8 Å². The SMILES string of the molecule is COC(=O)CN(c1ncc([N+](=O)[O-])cc1Br)C(C)C. The summed E-state index contributed by atoms with van der Waals surface area (Å²) >= 11 is 3.24. The van der Waals surface area contributed by atoms with Gasteiger partial charge >= 0.3 is 5.97 Å². The van der Waals surface area contributed by atoms with Crippen molar-refractivity contribution >= 4 is 33.4 Å². The van der Waals surface area contributed by atoms with E-state index in [9.17, 15) is 14.9 Å². The van der Waals surface area contributed by atoms with Crippen LogP contribution in [0.25, 0.3) is 0 Å². The van der Waals surface area contributed by atoms with Crippen LogP contribution in [0.5, 0.6) is 0 Å². The highest BCUT2D eigenvalue weighted by Crippen LogP contribution is 2.28. The maximum Gasteiger partial charge on any atom is 0.325 e. The average Bonchev–Trinajstić information content (AvgIpc) is 2.35. The molecule has 7 nitrogen and oxygen atoms in total. The van der Waals surface area contributed by atoms with E-state index in [2.05, 4.69) is 25.7 Å². The Morgan fingerprint density at radius 1 is 1.63 bits per heavy atom. The van der Waals surface area contributed by atoms with E-state index in [0.717, 1.165) is 6.20 Å². The smallest absolute Gasteiger partial charge is 0.325 e. The third-order valence-corrected chi connectivity index (χ3v) is 3.02. The third kappa shape index (κ3) is 3.88. The van der Waals surface area contributed by atoms with Crippen LogP contribution < -0.4 is 4.90 Å². The molecule has 19 heavy (non-hydrogen) atoms. The van der Waals surface area contributed by atoms with Gasteiger partial charge in [-0.3, -0.25) is 14.9 Å². The van der Waals surface area contributed by atoms with Crippen LogP contribution in [0.2, 0.25) is 0 Å². The second-order valence-corrected chi connectivity index (χ2v) is 4.91. The number of carbonyl (C=O) groups excluding carboxylic acids is 1. The van der Waals surface area contributed by atoms with Crippen LogP contribution in [0.3, 0.4) is 0 Å². The summed E-state index contributed by atoms with van der Waals surface area (Å²) < 4.78 is 5.08. The number of hydrogen-bond acceptors (Lipinski definition) is 6. The van der Waals surface area contributed by atoms with Crippen molar-refractivity contribution in [3.63, 3.8) is 0 Å². The third-order valence-electron chi connectivity index (χ3n) is 2.44. The van der Waals surface area contributed by atoms with Crippen molar-refractivity contribution in [2.45, 2.75) is 19.9 Å². The molecular formula is C11H14BrN3O4. The van der Waals surface area contributed by atoms with E-state index in [1.807, 2.05) is 13.8 Å². The largest absolute Gasteiger partial charge is 0.468 e. The standard InChI is InChI=1S/C11H14BrN3O4/c1-7(2)14(6-10(16)19-3)11-9(12)4-8(5-13-11)15(17)18/h4-5,7H,6H2,1-3H3. The number of esters is 1. The molecule has 8 heteroatoms. The molecule has 1 aromatic heterocycles. The predicted molar refractivity (Wildman–Crippen MR) is 73.1 cm³/mol. The Morgan fingerprint density at radius 3 is 2.68 bits per heavy atom. The average molecular weight is 332 g/mol. The summed E-state index contributed by atoms with van der Waals surface area (Å²) in [7, 11) is 1.30. The van der Waals surface area contributed by atoms with Gasteiger partial charge in [0.2, 0.25) is 0 Å². The first-order chi connectivity index (χ1) is 8.86. The molecule has 0 aliphatic rings. The van der Waals surface area contributed by atoms with Crippen molar-refractivity contribution in [3.8, 4) is 0 Å². The van der Waals surface area contributed by atoms with E-state index < -0.39 is 10.9 Å². The van der Waals surface area contributed by atoms with E-state index in [4.69, 9.17) is 0 Å². The molecule has 1 rings (SSSR count). The van der Waals surface area contributed by atoms with Crippen molar-refractivity contribution in [1.29, 1.82) is 0 Å². The normalized spacial score (nSPS) is 10.4. The van der Waals surface area contributed by atoms with Gasteiger partial charge in [0, 0.05) is 12.1 Å². The number of carbonyl (C=O) groups is 1. The van der Waals surface area contributed by atoms with Crippen LogP contribution in [-0.2, 0) is 9.53 Å². The maximum absolute atomic E-state index is 11.4. The summed E-state index contributed by atoms with van der Waals surface area (Å²) in [4.78, 5) is 27.2. The van der Waals surface area contributed by atoms with E-state index in [0.29, 0.717) is 10.3 Å². The summed E-state index contributed by atoms with van der Waals surface area (Å²) in [6, 6.07) is 1.35. The lowest BCUT2D eigenvalue weighted by atomic mass is 10.3. The molecule has 0 atom stereocenters. The molecule has 104 valence electrons. The quantitative estimate of drug-likeness (QED) is 0.466. The van der Waals surface area contributed by atoms with Gasteiger partial charge in [-0.15, -0.1) is 0 Å². The van der Waals surface area contributed by atoms with E-state index in [-0.39, 0.29) is 18.3 Å². The lowest BCUT2D eigenvalue weighted by Crippen LogP contribution is -2.37. The Hall–Kier alpha value is -1.70. The summed E-state index contributed by atoms with van der Waals surface area (Å²) in [6.45, 7) is 3.80. The number of hydrogen-bond donors (Lipinski definition) is 0. The zero-order valence-corrected chi connectivity index (χ0v) is 12.4. The first kappa shape index (κ1) is 15.4. The van der Waals surface area contributed by atoms with Gasteiger partial charge in [-0.2, -0.15) is 0 Å². The van der Waals surface area contributed by atoms with Gasteiger partial charge in [0.15, 0.2) is 0 Å². The van der Waals surface area contributed by atoms with Crippen molar-refractivity contribution in [3.05, 3.63) is 26.9 Å². The summed E-state index contributed by atoms with van der Waals surface area (Å²) in [5.41, 5.74) is -0.114. The molecule has 1 aromatic rings. The van der Waals surface area contributed by atoms with Crippen molar-refractivity contribution < 1.29 is 14.5 Å². The highest BCUT2D eigenvalue weighted by molar-refractivity contribution is 9.10. The fourth-order valence-corrected chi connectivity index (χ4v) is 2.00. The zero-order valence-electron chi connectivity index (χ0n) is 10.8. The van der Waals surface area contributed by atoms with Gasteiger partial charge in [-0.25, -0.2) is 4.98 Å². The number of ether oxygens (including phenoxy) is 1. The number of nitrogens with zero attached hydrogens (tertiary/aromatic N) is 3. The first-order valence-corrected chi connectivity index (χ1v) is 6.29. The van der Waals surface area contributed by atoms with Crippen LogP contribution >= 0.6 is 15.9 Å². The highest BCUT2D eigenvalue weighted by atomic mass is 79.9. The molecule has 0 aliphatic heterocycles. The lowest BCUT2D eigenvalue weighted by Gasteiger charge is -2.27. The second kappa shape index (κ2) is 6.46. The highest BCUT2D eigenvalue weighted by Gasteiger charge is 2.20. The Morgan fingerprint density at radius 2 is 2.26 bits per heavy atom.